The topological polar surface area (TPSA) is 124 Å². The van der Waals surface area contributed by atoms with Gasteiger partial charge in [-0.2, -0.15) is 10.4 Å². The molecule has 4 atom stereocenters. The number of hydrogen-bond acceptors (Lipinski definition) is 7. The van der Waals surface area contributed by atoms with Crippen LogP contribution in [0.3, 0.4) is 0 Å². The summed E-state index contributed by atoms with van der Waals surface area (Å²) in [5, 5.41) is 43.0. The summed E-state index contributed by atoms with van der Waals surface area (Å²) in [7, 11) is 0. The van der Waals surface area contributed by atoms with E-state index in [1.54, 1.807) is 19.1 Å². The van der Waals surface area contributed by atoms with E-state index in [1.807, 2.05) is 6.07 Å². The van der Waals surface area contributed by atoms with Gasteiger partial charge < -0.3 is 20.1 Å². The highest BCUT2D eigenvalue weighted by Gasteiger charge is 2.57. The fourth-order valence-corrected chi connectivity index (χ4v) is 2.67. The van der Waals surface area contributed by atoms with Crippen LogP contribution in [0.4, 0.5) is 0 Å². The molecule has 3 N–H and O–H groups in total. The fraction of sp³-hybridized carbons (Fsp3) is 0.462. The van der Waals surface area contributed by atoms with Gasteiger partial charge in [-0.05, 0) is 19.1 Å². The lowest BCUT2D eigenvalue weighted by Gasteiger charge is -2.24. The van der Waals surface area contributed by atoms with E-state index in [-0.39, 0.29) is 5.69 Å². The lowest BCUT2D eigenvalue weighted by molar-refractivity contribution is -0.0643. The normalized spacial score (nSPS) is 32.4. The predicted octanol–water partition coefficient (Wildman–Crippen LogP) is -1.13. The Labute approximate surface area is 119 Å². The molecular weight excluding hydrogens is 276 g/mol. The molecule has 3 heterocycles. The molecule has 3 rings (SSSR count). The number of nitriles is 1. The molecule has 1 fully saturated rings. The van der Waals surface area contributed by atoms with E-state index < -0.39 is 30.5 Å². The van der Waals surface area contributed by atoms with Crippen molar-refractivity contribution in [3.8, 4) is 6.07 Å². The second-order valence-corrected chi connectivity index (χ2v) is 4.98. The molecule has 0 spiro atoms. The van der Waals surface area contributed by atoms with Crippen LogP contribution in [0.2, 0.25) is 0 Å². The van der Waals surface area contributed by atoms with Crippen LogP contribution in [0.15, 0.2) is 18.5 Å². The smallest absolute Gasteiger partial charge is 0.225 e. The van der Waals surface area contributed by atoms with Gasteiger partial charge in [0.2, 0.25) is 5.60 Å². The van der Waals surface area contributed by atoms with Gasteiger partial charge in [0, 0.05) is 0 Å². The monoisotopic (exact) mass is 290 g/mol. The SMILES string of the molecule is Cc1ncnn2c([C@]3(C#N)O[C@H](CO)[C@@H](O)[C@H]3O)ccc12. The number of aromatic nitrogens is 3. The third-order valence-electron chi connectivity index (χ3n) is 3.83. The van der Waals surface area contributed by atoms with Crippen molar-refractivity contribution in [1.82, 2.24) is 14.6 Å². The molecule has 21 heavy (non-hydrogen) atoms. The van der Waals surface area contributed by atoms with Gasteiger partial charge in [0.25, 0.3) is 0 Å². The fourth-order valence-electron chi connectivity index (χ4n) is 2.67. The van der Waals surface area contributed by atoms with Crippen LogP contribution >= 0.6 is 0 Å². The largest absolute Gasteiger partial charge is 0.394 e. The first-order valence-corrected chi connectivity index (χ1v) is 6.41. The van der Waals surface area contributed by atoms with E-state index in [1.165, 1.54) is 10.8 Å². The molecule has 0 radical (unpaired) electrons. The number of fused-ring (bicyclic) bond motifs is 1. The highest BCUT2D eigenvalue weighted by molar-refractivity contribution is 5.54. The number of rotatable bonds is 2. The number of nitrogens with zero attached hydrogens (tertiary/aromatic N) is 4. The Kier molecular flexibility index (Phi) is 3.15. The summed E-state index contributed by atoms with van der Waals surface area (Å²) in [6, 6.07) is 5.21. The van der Waals surface area contributed by atoms with Crippen LogP contribution in [0.25, 0.3) is 5.52 Å². The lowest BCUT2D eigenvalue weighted by atomic mass is 9.92. The predicted molar refractivity (Wildman–Crippen MR) is 69.0 cm³/mol. The van der Waals surface area contributed by atoms with Gasteiger partial charge in [-0.15, -0.1) is 0 Å². The Bertz CT molecular complexity index is 725. The third kappa shape index (κ3) is 1.76. The van der Waals surface area contributed by atoms with Crippen LogP contribution in [-0.4, -0.2) is 54.8 Å². The average molecular weight is 290 g/mol. The molecule has 1 saturated heterocycles. The standard InChI is InChI=1S/C13H14N4O4/c1-7-8-2-3-10(17(8)16-6-15-7)13(5-14)12(20)11(19)9(4-18)21-13/h2-3,6,9,11-12,18-20H,4H2,1H3/t9-,11-,12-,13+/m1/s1. The second kappa shape index (κ2) is 4.75. The molecule has 1 aliphatic rings. The van der Waals surface area contributed by atoms with Crippen LogP contribution in [0, 0.1) is 18.3 Å². The van der Waals surface area contributed by atoms with Gasteiger partial charge in [-0.3, -0.25) is 0 Å². The van der Waals surface area contributed by atoms with Crippen molar-refractivity contribution in [1.29, 1.82) is 5.26 Å². The van der Waals surface area contributed by atoms with Crippen LogP contribution in [0.5, 0.6) is 0 Å². The van der Waals surface area contributed by atoms with Gasteiger partial charge in [0.15, 0.2) is 0 Å². The van der Waals surface area contributed by atoms with E-state index in [2.05, 4.69) is 10.1 Å². The van der Waals surface area contributed by atoms with E-state index in [0.717, 1.165) is 0 Å². The summed E-state index contributed by atoms with van der Waals surface area (Å²) in [6.07, 6.45) is -2.55. The summed E-state index contributed by atoms with van der Waals surface area (Å²) in [5.74, 6) is 0. The molecule has 1 aliphatic heterocycles. The van der Waals surface area contributed by atoms with Crippen molar-refractivity contribution in [2.24, 2.45) is 0 Å². The van der Waals surface area contributed by atoms with Crippen molar-refractivity contribution in [2.75, 3.05) is 6.61 Å². The molecule has 0 unspecified atom stereocenters. The molecule has 0 amide bonds. The zero-order valence-corrected chi connectivity index (χ0v) is 11.2. The highest BCUT2D eigenvalue weighted by Crippen LogP contribution is 2.39. The molecule has 2 aromatic rings. The molecule has 8 heteroatoms. The molecule has 0 saturated carbocycles. The molecule has 8 nitrogen and oxygen atoms in total. The van der Waals surface area contributed by atoms with Gasteiger partial charge in [0.1, 0.15) is 30.7 Å². The Hall–Kier alpha value is -2.05. The molecule has 0 aliphatic carbocycles. The minimum atomic E-state index is -1.79. The Morgan fingerprint density at radius 2 is 2.24 bits per heavy atom. The van der Waals surface area contributed by atoms with E-state index >= 15 is 0 Å². The summed E-state index contributed by atoms with van der Waals surface area (Å²) in [6.45, 7) is 1.29. The van der Waals surface area contributed by atoms with Crippen molar-refractivity contribution in [3.05, 3.63) is 29.8 Å². The molecule has 0 aromatic carbocycles. The summed E-state index contributed by atoms with van der Waals surface area (Å²) >= 11 is 0. The maximum atomic E-state index is 10.2. The number of hydrogen-bond donors (Lipinski definition) is 3. The maximum Gasteiger partial charge on any atom is 0.225 e. The summed E-state index contributed by atoms with van der Waals surface area (Å²) in [4.78, 5) is 4.05. The number of aliphatic hydroxyl groups is 3. The van der Waals surface area contributed by atoms with E-state index in [0.29, 0.717) is 11.2 Å². The molecule has 2 aromatic heterocycles. The van der Waals surface area contributed by atoms with E-state index in [4.69, 9.17) is 4.74 Å². The third-order valence-corrected chi connectivity index (χ3v) is 3.83. The minimum Gasteiger partial charge on any atom is -0.394 e. The number of aryl methyl sites for hydroxylation is 1. The van der Waals surface area contributed by atoms with Crippen LogP contribution < -0.4 is 0 Å². The van der Waals surface area contributed by atoms with Crippen molar-refractivity contribution in [3.63, 3.8) is 0 Å². The minimum absolute atomic E-state index is 0.285. The first-order valence-electron chi connectivity index (χ1n) is 6.41. The molecular formula is C13H14N4O4. The quantitative estimate of drug-likeness (QED) is 0.639. The van der Waals surface area contributed by atoms with Gasteiger partial charge in [0.05, 0.1) is 23.5 Å². The summed E-state index contributed by atoms with van der Waals surface area (Å²) in [5.41, 5.74) is -0.135. The maximum absolute atomic E-state index is 10.2. The number of aliphatic hydroxyl groups excluding tert-OH is 3. The Balaban J connectivity index is 2.20. The average Bonchev–Trinajstić information content (AvgIpc) is 3.03. The van der Waals surface area contributed by atoms with Crippen molar-refractivity contribution >= 4 is 5.52 Å². The van der Waals surface area contributed by atoms with Gasteiger partial charge in [-0.25, -0.2) is 9.50 Å². The first-order chi connectivity index (χ1) is 10.0. The Morgan fingerprint density at radius 3 is 2.86 bits per heavy atom. The second-order valence-electron chi connectivity index (χ2n) is 4.98. The summed E-state index contributed by atoms with van der Waals surface area (Å²) < 4.78 is 6.92. The number of ether oxygens (including phenoxy) is 1. The van der Waals surface area contributed by atoms with Gasteiger partial charge in [-0.1, -0.05) is 0 Å². The zero-order valence-electron chi connectivity index (χ0n) is 11.2. The Morgan fingerprint density at radius 1 is 1.48 bits per heavy atom. The highest BCUT2D eigenvalue weighted by atomic mass is 16.6. The van der Waals surface area contributed by atoms with Crippen LogP contribution in [-0.2, 0) is 10.3 Å². The zero-order chi connectivity index (χ0) is 15.2. The van der Waals surface area contributed by atoms with E-state index in [9.17, 15) is 20.6 Å². The van der Waals surface area contributed by atoms with Crippen molar-refractivity contribution in [2.45, 2.75) is 30.8 Å². The van der Waals surface area contributed by atoms with Crippen LogP contribution in [0.1, 0.15) is 11.4 Å². The van der Waals surface area contributed by atoms with Crippen molar-refractivity contribution < 1.29 is 20.1 Å². The molecule has 110 valence electrons. The first kappa shape index (κ1) is 13.9. The van der Waals surface area contributed by atoms with Gasteiger partial charge >= 0.3 is 0 Å². The lowest BCUT2D eigenvalue weighted by Crippen LogP contribution is -2.40. The molecule has 0 bridgehead atoms.